The highest BCUT2D eigenvalue weighted by molar-refractivity contribution is 7.12. The number of rotatable bonds is 3. The Hall–Kier alpha value is -3.13. The Kier molecular flexibility index (Phi) is 4.23. The van der Waals surface area contributed by atoms with Crippen molar-refractivity contribution in [1.82, 2.24) is 4.98 Å². The van der Waals surface area contributed by atoms with Crippen molar-refractivity contribution in [3.63, 3.8) is 0 Å². The maximum absolute atomic E-state index is 14.3. The molecule has 0 atom stereocenters. The van der Waals surface area contributed by atoms with Crippen molar-refractivity contribution in [3.8, 4) is 11.3 Å². The number of fused-ring (bicyclic) bond motifs is 1. The second-order valence-corrected chi connectivity index (χ2v) is 7.70. The molecule has 0 bridgehead atoms. The number of hydrogen-bond acceptors (Lipinski definition) is 5. The molecule has 0 radical (unpaired) electrons. The van der Waals surface area contributed by atoms with Crippen LogP contribution in [0.5, 0.6) is 0 Å². The monoisotopic (exact) mass is 399 g/mol. The molecule has 8 heteroatoms. The van der Waals surface area contributed by atoms with Crippen LogP contribution >= 0.6 is 11.3 Å². The van der Waals surface area contributed by atoms with Gasteiger partial charge in [-0.1, -0.05) is 18.2 Å². The topological polar surface area (TPSA) is 74.6 Å². The molecule has 0 amide bonds. The van der Waals surface area contributed by atoms with Crippen LogP contribution in [0.4, 0.5) is 14.5 Å². The van der Waals surface area contributed by atoms with Crippen molar-refractivity contribution in [2.24, 2.45) is 4.99 Å². The van der Waals surface area contributed by atoms with Crippen LogP contribution < -0.4 is 5.32 Å². The van der Waals surface area contributed by atoms with Crippen molar-refractivity contribution >= 4 is 28.8 Å². The average molecular weight is 399 g/mol. The standard InChI is InChI=1S/C20H15F2N3O2S/c1-20(2)13-7-10(21)8-14(22)16(13)24-17(25-20)18-23-15(9-28-18)11-5-3-4-6-12(11)19(26)27/h3-9H,1-2H3,(H,24,25)(H,26,27). The molecule has 2 aromatic carbocycles. The summed E-state index contributed by atoms with van der Waals surface area (Å²) >= 11 is 1.26. The molecule has 3 aromatic rings. The summed E-state index contributed by atoms with van der Waals surface area (Å²) in [5, 5.41) is 14.5. The lowest BCUT2D eigenvalue weighted by Crippen LogP contribution is -2.30. The van der Waals surface area contributed by atoms with Gasteiger partial charge in [0.1, 0.15) is 11.6 Å². The minimum Gasteiger partial charge on any atom is -0.478 e. The van der Waals surface area contributed by atoms with E-state index < -0.39 is 23.1 Å². The Bertz CT molecular complexity index is 1140. The third-order valence-corrected chi connectivity index (χ3v) is 5.34. The van der Waals surface area contributed by atoms with Gasteiger partial charge in [0.2, 0.25) is 0 Å². The van der Waals surface area contributed by atoms with Gasteiger partial charge in [-0.2, -0.15) is 0 Å². The SMILES string of the molecule is CC1(C)N=C(c2nc(-c3ccccc3C(=O)O)cs2)Nc2c(F)cc(F)cc21. The van der Waals surface area contributed by atoms with Crippen LogP contribution in [0.2, 0.25) is 0 Å². The zero-order valence-corrected chi connectivity index (χ0v) is 15.8. The van der Waals surface area contributed by atoms with Crippen molar-refractivity contribution in [2.45, 2.75) is 19.4 Å². The van der Waals surface area contributed by atoms with Gasteiger partial charge in [0.25, 0.3) is 0 Å². The zero-order chi connectivity index (χ0) is 20.1. The predicted molar refractivity (Wildman–Crippen MR) is 104 cm³/mol. The van der Waals surface area contributed by atoms with Crippen molar-refractivity contribution in [2.75, 3.05) is 5.32 Å². The average Bonchev–Trinajstić information content (AvgIpc) is 3.12. The van der Waals surface area contributed by atoms with E-state index in [9.17, 15) is 18.7 Å². The number of nitrogens with zero attached hydrogens (tertiary/aromatic N) is 2. The quantitative estimate of drug-likeness (QED) is 0.657. The van der Waals surface area contributed by atoms with E-state index in [2.05, 4.69) is 15.3 Å². The number of aromatic carboxylic acids is 1. The van der Waals surface area contributed by atoms with Crippen molar-refractivity contribution < 1.29 is 18.7 Å². The molecule has 2 N–H and O–H groups in total. The van der Waals surface area contributed by atoms with Crippen molar-refractivity contribution in [1.29, 1.82) is 0 Å². The van der Waals surface area contributed by atoms with E-state index in [1.54, 1.807) is 37.4 Å². The molecule has 1 aliphatic rings. The first-order chi connectivity index (χ1) is 13.3. The number of anilines is 1. The maximum Gasteiger partial charge on any atom is 0.336 e. The molecule has 0 saturated carbocycles. The van der Waals surface area contributed by atoms with E-state index >= 15 is 0 Å². The van der Waals surface area contributed by atoms with E-state index in [0.29, 0.717) is 27.7 Å². The third kappa shape index (κ3) is 3.05. The van der Waals surface area contributed by atoms with Crippen LogP contribution in [0.1, 0.15) is 34.8 Å². The molecule has 5 nitrogen and oxygen atoms in total. The Morgan fingerprint density at radius 2 is 1.96 bits per heavy atom. The molecular formula is C20H15F2N3O2S. The van der Waals surface area contributed by atoms with Crippen LogP contribution in [0.15, 0.2) is 46.8 Å². The van der Waals surface area contributed by atoms with Crippen LogP contribution in [0.25, 0.3) is 11.3 Å². The summed E-state index contributed by atoms with van der Waals surface area (Å²) in [6, 6.07) is 8.66. The molecule has 0 aliphatic carbocycles. The van der Waals surface area contributed by atoms with Gasteiger partial charge in [-0.25, -0.2) is 18.6 Å². The summed E-state index contributed by atoms with van der Waals surface area (Å²) in [4.78, 5) is 20.5. The fraction of sp³-hybridized carbons (Fsp3) is 0.150. The zero-order valence-electron chi connectivity index (χ0n) is 15.0. The number of carboxylic acid groups (broad SMARTS) is 1. The molecule has 1 aromatic heterocycles. The molecule has 0 saturated heterocycles. The minimum atomic E-state index is -1.04. The lowest BCUT2D eigenvalue weighted by molar-refractivity contribution is 0.0697. The molecule has 142 valence electrons. The molecule has 0 unspecified atom stereocenters. The molecule has 0 spiro atoms. The number of amidine groups is 1. The van der Waals surface area contributed by atoms with E-state index in [1.807, 2.05) is 0 Å². The van der Waals surface area contributed by atoms with Crippen LogP contribution in [-0.2, 0) is 5.54 Å². The predicted octanol–water partition coefficient (Wildman–Crippen LogP) is 4.89. The second kappa shape index (κ2) is 6.49. The Morgan fingerprint density at radius 1 is 1.21 bits per heavy atom. The Morgan fingerprint density at radius 3 is 2.71 bits per heavy atom. The van der Waals surface area contributed by atoms with Gasteiger partial charge in [0.15, 0.2) is 10.8 Å². The summed E-state index contributed by atoms with van der Waals surface area (Å²) in [6.07, 6.45) is 0. The summed E-state index contributed by atoms with van der Waals surface area (Å²) in [5.41, 5.74) is 0.849. The molecule has 1 aliphatic heterocycles. The van der Waals surface area contributed by atoms with Crippen LogP contribution in [0.3, 0.4) is 0 Å². The van der Waals surface area contributed by atoms with E-state index in [-0.39, 0.29) is 11.3 Å². The van der Waals surface area contributed by atoms with Gasteiger partial charge >= 0.3 is 5.97 Å². The second-order valence-electron chi connectivity index (χ2n) is 6.84. The van der Waals surface area contributed by atoms with Crippen LogP contribution in [-0.4, -0.2) is 21.9 Å². The molecular weight excluding hydrogens is 384 g/mol. The summed E-state index contributed by atoms with van der Waals surface area (Å²) in [5.74, 6) is -2.06. The highest BCUT2D eigenvalue weighted by atomic mass is 32.1. The van der Waals surface area contributed by atoms with Crippen molar-refractivity contribution in [3.05, 3.63) is 69.5 Å². The van der Waals surface area contributed by atoms with Gasteiger partial charge in [0.05, 0.1) is 22.5 Å². The minimum absolute atomic E-state index is 0.144. The number of carbonyl (C=O) groups is 1. The van der Waals surface area contributed by atoms with Crippen LogP contribution in [0, 0.1) is 11.6 Å². The lowest BCUT2D eigenvalue weighted by Gasteiger charge is -2.30. The molecule has 0 fully saturated rings. The highest BCUT2D eigenvalue weighted by Gasteiger charge is 2.32. The fourth-order valence-corrected chi connectivity index (χ4v) is 3.93. The lowest BCUT2D eigenvalue weighted by atomic mass is 9.91. The maximum atomic E-state index is 14.3. The molecule has 4 rings (SSSR count). The summed E-state index contributed by atoms with van der Waals surface area (Å²) < 4.78 is 28.0. The Balaban J connectivity index is 1.77. The van der Waals surface area contributed by atoms with E-state index in [1.165, 1.54) is 23.5 Å². The van der Waals surface area contributed by atoms with Gasteiger partial charge < -0.3 is 10.4 Å². The number of nitrogens with one attached hydrogen (secondary N) is 1. The number of carboxylic acids is 1. The first-order valence-electron chi connectivity index (χ1n) is 8.41. The number of aliphatic imine (C=N–C) groups is 1. The van der Waals surface area contributed by atoms with E-state index in [0.717, 1.165) is 6.07 Å². The summed E-state index contributed by atoms with van der Waals surface area (Å²) in [7, 11) is 0. The Labute approximate surface area is 163 Å². The highest BCUT2D eigenvalue weighted by Crippen LogP contribution is 2.38. The fourth-order valence-electron chi connectivity index (χ4n) is 3.17. The van der Waals surface area contributed by atoms with E-state index in [4.69, 9.17) is 0 Å². The number of aromatic nitrogens is 1. The number of hydrogen-bond donors (Lipinski definition) is 2. The first kappa shape index (κ1) is 18.2. The molecule has 28 heavy (non-hydrogen) atoms. The first-order valence-corrected chi connectivity index (χ1v) is 9.29. The number of thiazole rings is 1. The number of benzene rings is 2. The van der Waals surface area contributed by atoms with Gasteiger partial charge in [-0.15, -0.1) is 11.3 Å². The van der Waals surface area contributed by atoms with Gasteiger partial charge in [0, 0.05) is 22.6 Å². The number of halogens is 2. The largest absolute Gasteiger partial charge is 0.478 e. The van der Waals surface area contributed by atoms with Gasteiger partial charge in [-0.05, 0) is 26.0 Å². The third-order valence-electron chi connectivity index (χ3n) is 4.49. The molecule has 2 heterocycles. The normalized spacial score (nSPS) is 14.8. The smallest absolute Gasteiger partial charge is 0.336 e. The summed E-state index contributed by atoms with van der Waals surface area (Å²) in [6.45, 7) is 3.53. The van der Waals surface area contributed by atoms with Gasteiger partial charge in [-0.3, -0.25) is 4.99 Å².